The van der Waals surface area contributed by atoms with Crippen LogP contribution in [0.25, 0.3) is 0 Å². The largest absolute Gasteiger partial charge is 0.394 e. The Morgan fingerprint density at radius 1 is 1.71 bits per heavy atom. The Morgan fingerprint density at radius 2 is 2.14 bits per heavy atom. The van der Waals surface area contributed by atoms with Crippen molar-refractivity contribution >= 4 is 0 Å². The number of halogens is 1. The molecular weight excluding hydrogens is 99.0 g/mol. The van der Waals surface area contributed by atoms with Crippen LogP contribution in [0.1, 0.15) is 6.92 Å². The van der Waals surface area contributed by atoms with E-state index in [0.29, 0.717) is 0 Å². The number of hydrogen-bond donors (Lipinski definition) is 2. The molecule has 2 unspecified atom stereocenters. The molecule has 0 rings (SSSR count). The second-order valence-corrected chi connectivity index (χ2v) is 1.43. The summed E-state index contributed by atoms with van der Waals surface area (Å²) in [5.74, 6) is 0. The van der Waals surface area contributed by atoms with Gasteiger partial charge in [0.2, 0.25) is 0 Å². The first-order valence-corrected chi connectivity index (χ1v) is 2.11. The number of alkyl halides is 1. The van der Waals surface area contributed by atoms with Crippen LogP contribution in [0.2, 0.25) is 0 Å². The Bertz CT molecular complexity index is 47.0. The summed E-state index contributed by atoms with van der Waals surface area (Å²) in [6.45, 7) is 0.693. The molecule has 0 aliphatic carbocycles. The molecule has 7 heavy (non-hydrogen) atoms. The van der Waals surface area contributed by atoms with E-state index in [9.17, 15) is 4.39 Å². The highest BCUT2D eigenvalue weighted by atomic mass is 19.1. The molecule has 0 aliphatic rings. The van der Waals surface area contributed by atoms with Crippen molar-refractivity contribution in [2.75, 3.05) is 6.61 Å². The Kier molecular flexibility index (Phi) is 2.87. The van der Waals surface area contributed by atoms with E-state index in [1.807, 2.05) is 0 Å². The molecule has 3 heteroatoms. The molecule has 0 spiro atoms. The van der Waals surface area contributed by atoms with E-state index >= 15 is 0 Å². The smallest absolute Gasteiger partial charge is 0.125 e. The lowest BCUT2D eigenvalue weighted by Crippen LogP contribution is -2.22. The summed E-state index contributed by atoms with van der Waals surface area (Å²) in [6, 6.07) is 0. The van der Waals surface area contributed by atoms with Gasteiger partial charge < -0.3 is 10.2 Å². The molecule has 2 nitrogen and oxygen atoms in total. The average molecular weight is 108 g/mol. The monoisotopic (exact) mass is 108 g/mol. The summed E-state index contributed by atoms with van der Waals surface area (Å²) in [4.78, 5) is 0. The van der Waals surface area contributed by atoms with Crippen molar-refractivity contribution < 1.29 is 14.6 Å². The van der Waals surface area contributed by atoms with E-state index in [0.717, 1.165) is 0 Å². The predicted molar refractivity (Wildman–Crippen MR) is 23.7 cm³/mol. The molecule has 0 bridgehead atoms. The van der Waals surface area contributed by atoms with Gasteiger partial charge in [-0.2, -0.15) is 0 Å². The summed E-state index contributed by atoms with van der Waals surface area (Å²) in [5.41, 5.74) is 0. The topological polar surface area (TPSA) is 40.5 Å². The van der Waals surface area contributed by atoms with Crippen molar-refractivity contribution in [3.8, 4) is 0 Å². The maximum atomic E-state index is 11.7. The summed E-state index contributed by atoms with van der Waals surface area (Å²) >= 11 is 0. The minimum Gasteiger partial charge on any atom is -0.394 e. The van der Waals surface area contributed by atoms with Gasteiger partial charge in [-0.05, 0) is 6.92 Å². The maximum Gasteiger partial charge on any atom is 0.125 e. The van der Waals surface area contributed by atoms with Crippen LogP contribution in [0.15, 0.2) is 0 Å². The van der Waals surface area contributed by atoms with Crippen LogP contribution in [-0.4, -0.2) is 29.1 Å². The molecule has 0 fully saturated rings. The molecular formula is C4H9FO2. The number of hydrogen-bond acceptors (Lipinski definition) is 2. The van der Waals surface area contributed by atoms with Crippen molar-refractivity contribution in [3.63, 3.8) is 0 Å². The van der Waals surface area contributed by atoms with Gasteiger partial charge in [0.1, 0.15) is 12.3 Å². The Labute approximate surface area is 41.6 Å². The third-order valence-electron chi connectivity index (χ3n) is 0.717. The van der Waals surface area contributed by atoms with Gasteiger partial charge in [-0.3, -0.25) is 0 Å². The minimum atomic E-state index is -1.33. The molecule has 2 atom stereocenters. The summed E-state index contributed by atoms with van der Waals surface area (Å²) < 4.78 is 11.7. The van der Waals surface area contributed by atoms with E-state index in [1.165, 1.54) is 6.92 Å². The van der Waals surface area contributed by atoms with Crippen LogP contribution in [0.5, 0.6) is 0 Å². The molecule has 0 aliphatic heterocycles. The van der Waals surface area contributed by atoms with Crippen LogP contribution >= 0.6 is 0 Å². The van der Waals surface area contributed by atoms with Gasteiger partial charge in [-0.1, -0.05) is 0 Å². The second-order valence-electron chi connectivity index (χ2n) is 1.43. The van der Waals surface area contributed by atoms with Crippen molar-refractivity contribution in [2.45, 2.75) is 19.2 Å². The highest BCUT2D eigenvalue weighted by molar-refractivity contribution is 4.58. The molecule has 0 aromatic heterocycles. The molecule has 0 aromatic rings. The normalized spacial score (nSPS) is 18.9. The SMILES string of the molecule is CC(F)C(O)CO. The predicted octanol–water partition coefficient (Wildman–Crippen LogP) is -0.302. The quantitative estimate of drug-likeness (QED) is 0.509. The molecule has 44 valence electrons. The van der Waals surface area contributed by atoms with E-state index in [2.05, 4.69) is 0 Å². The second kappa shape index (κ2) is 2.93. The fourth-order valence-corrected chi connectivity index (χ4v) is 0.145. The van der Waals surface area contributed by atoms with Gasteiger partial charge in [0, 0.05) is 0 Å². The van der Waals surface area contributed by atoms with Gasteiger partial charge in [0.15, 0.2) is 0 Å². The summed E-state index contributed by atoms with van der Waals surface area (Å²) in [6.07, 6.45) is -2.54. The zero-order valence-corrected chi connectivity index (χ0v) is 4.13. The van der Waals surface area contributed by atoms with Crippen LogP contribution in [0.3, 0.4) is 0 Å². The van der Waals surface area contributed by atoms with Crippen LogP contribution in [0.4, 0.5) is 4.39 Å². The first-order valence-electron chi connectivity index (χ1n) is 2.11. The van der Waals surface area contributed by atoms with Gasteiger partial charge in [0.05, 0.1) is 6.61 Å². The molecule has 0 saturated heterocycles. The lowest BCUT2D eigenvalue weighted by Gasteiger charge is -2.05. The van der Waals surface area contributed by atoms with E-state index in [4.69, 9.17) is 10.2 Å². The van der Waals surface area contributed by atoms with Gasteiger partial charge in [-0.25, -0.2) is 4.39 Å². The van der Waals surface area contributed by atoms with Crippen molar-refractivity contribution in [1.29, 1.82) is 0 Å². The summed E-state index contributed by atoms with van der Waals surface area (Å²) in [5, 5.41) is 16.3. The lowest BCUT2D eigenvalue weighted by molar-refractivity contribution is 0.0362. The van der Waals surface area contributed by atoms with Crippen molar-refractivity contribution in [1.82, 2.24) is 0 Å². The maximum absolute atomic E-state index is 11.7. The first kappa shape index (κ1) is 6.85. The number of rotatable bonds is 2. The Morgan fingerprint density at radius 3 is 2.14 bits per heavy atom. The Hall–Kier alpha value is -0.150. The lowest BCUT2D eigenvalue weighted by atomic mass is 10.3. The molecule has 0 heterocycles. The van der Waals surface area contributed by atoms with E-state index < -0.39 is 18.9 Å². The van der Waals surface area contributed by atoms with Crippen LogP contribution < -0.4 is 0 Å². The van der Waals surface area contributed by atoms with Crippen molar-refractivity contribution in [3.05, 3.63) is 0 Å². The van der Waals surface area contributed by atoms with Crippen LogP contribution in [-0.2, 0) is 0 Å². The first-order chi connectivity index (χ1) is 3.18. The third-order valence-corrected chi connectivity index (χ3v) is 0.717. The fraction of sp³-hybridized carbons (Fsp3) is 1.00. The molecule has 0 amide bonds. The zero-order valence-electron chi connectivity index (χ0n) is 4.13. The number of aliphatic hydroxyl groups is 2. The Balaban J connectivity index is 3.14. The molecule has 0 aromatic carbocycles. The highest BCUT2D eigenvalue weighted by Crippen LogP contribution is 1.93. The molecule has 0 saturated carbocycles. The minimum absolute atomic E-state index is 0.502. The molecule has 2 N–H and O–H groups in total. The van der Waals surface area contributed by atoms with Crippen LogP contribution in [0, 0.1) is 0 Å². The molecule has 0 radical (unpaired) electrons. The van der Waals surface area contributed by atoms with E-state index in [1.54, 1.807) is 0 Å². The van der Waals surface area contributed by atoms with E-state index in [-0.39, 0.29) is 0 Å². The number of aliphatic hydroxyl groups excluding tert-OH is 2. The van der Waals surface area contributed by atoms with Gasteiger partial charge in [0.25, 0.3) is 0 Å². The highest BCUT2D eigenvalue weighted by Gasteiger charge is 2.09. The van der Waals surface area contributed by atoms with Gasteiger partial charge in [-0.15, -0.1) is 0 Å². The zero-order chi connectivity index (χ0) is 5.86. The third kappa shape index (κ3) is 2.53. The van der Waals surface area contributed by atoms with Crippen molar-refractivity contribution in [2.24, 2.45) is 0 Å². The van der Waals surface area contributed by atoms with Gasteiger partial charge >= 0.3 is 0 Å². The fourth-order valence-electron chi connectivity index (χ4n) is 0.145. The average Bonchev–Trinajstić information content (AvgIpc) is 1.65. The standard InChI is InChI=1S/C4H9FO2/c1-3(5)4(7)2-6/h3-4,6-7H,2H2,1H3. The summed E-state index contributed by atoms with van der Waals surface area (Å²) in [7, 11) is 0.